The van der Waals surface area contributed by atoms with Crippen molar-refractivity contribution in [2.24, 2.45) is 0 Å². The van der Waals surface area contributed by atoms with E-state index in [9.17, 15) is 0 Å². The molecule has 0 N–H and O–H groups in total. The summed E-state index contributed by atoms with van der Waals surface area (Å²) in [6.45, 7) is 0. The molecule has 272 valence electrons. The Bertz CT molecular complexity index is 3610. The number of furan rings is 1. The Labute approximate surface area is 340 Å². The molecule has 59 heavy (non-hydrogen) atoms. The molecular weight excluding hydrogens is 717 g/mol. The van der Waals surface area contributed by atoms with Crippen molar-refractivity contribution in [1.29, 1.82) is 0 Å². The lowest BCUT2D eigenvalue weighted by molar-refractivity contribution is 0.487. The van der Waals surface area contributed by atoms with Crippen molar-refractivity contribution in [3.05, 3.63) is 216 Å². The molecule has 0 unspecified atom stereocenters. The standard InChI is InChI=1S/C57H32O2/c1-5-19-48-38(12-1)39-13-2-6-20-49(39)57(48)50-30-34(37-27-28-54-56-44(37)17-10-18-45(56)42-15-4-8-22-53(42)58-54)23-25-40(50)47-32-46-33(29-51(47)57)11-9-16-36(46)35-24-26-43-41-14-3-7-21-52(41)59-55(43)31-35/h1-32H. The van der Waals surface area contributed by atoms with Crippen LogP contribution in [0.5, 0.6) is 11.5 Å². The van der Waals surface area contributed by atoms with Gasteiger partial charge < -0.3 is 9.15 Å². The van der Waals surface area contributed by atoms with E-state index in [-0.39, 0.29) is 0 Å². The Hall–Kier alpha value is -7.68. The van der Waals surface area contributed by atoms with Gasteiger partial charge in [0.2, 0.25) is 0 Å². The molecule has 1 aliphatic heterocycles. The monoisotopic (exact) mass is 748 g/mol. The first-order valence-electron chi connectivity index (χ1n) is 20.4. The van der Waals surface area contributed by atoms with Gasteiger partial charge in [-0.05, 0) is 137 Å². The third-order valence-corrected chi connectivity index (χ3v) is 13.5. The van der Waals surface area contributed by atoms with Crippen LogP contribution in [0.2, 0.25) is 0 Å². The van der Waals surface area contributed by atoms with E-state index in [2.05, 4.69) is 176 Å². The maximum absolute atomic E-state index is 6.52. The Balaban J connectivity index is 1.03. The largest absolute Gasteiger partial charge is 0.456 e. The van der Waals surface area contributed by atoms with E-state index in [0.29, 0.717) is 0 Å². The Kier molecular flexibility index (Phi) is 5.99. The number of ether oxygens (including phenoxy) is 1. The van der Waals surface area contributed by atoms with Gasteiger partial charge >= 0.3 is 0 Å². The zero-order valence-electron chi connectivity index (χ0n) is 31.8. The molecule has 0 bridgehead atoms. The van der Waals surface area contributed by atoms with Crippen molar-refractivity contribution < 1.29 is 9.15 Å². The van der Waals surface area contributed by atoms with Crippen LogP contribution >= 0.6 is 0 Å². The first-order chi connectivity index (χ1) is 29.2. The lowest BCUT2D eigenvalue weighted by Gasteiger charge is -2.31. The second kappa shape index (κ2) is 11.2. The van der Waals surface area contributed by atoms with Gasteiger partial charge in [-0.25, -0.2) is 0 Å². The van der Waals surface area contributed by atoms with Crippen LogP contribution in [0.15, 0.2) is 199 Å². The summed E-state index contributed by atoms with van der Waals surface area (Å²) >= 11 is 0. The first kappa shape index (κ1) is 31.4. The highest BCUT2D eigenvalue weighted by molar-refractivity contribution is 6.11. The predicted molar refractivity (Wildman–Crippen MR) is 241 cm³/mol. The molecule has 0 saturated heterocycles. The molecule has 11 aromatic rings. The molecule has 1 aromatic heterocycles. The van der Waals surface area contributed by atoms with Crippen molar-refractivity contribution in [2.45, 2.75) is 5.41 Å². The topological polar surface area (TPSA) is 22.4 Å². The number of hydrogen-bond acceptors (Lipinski definition) is 2. The van der Waals surface area contributed by atoms with Gasteiger partial charge in [-0.3, -0.25) is 0 Å². The lowest BCUT2D eigenvalue weighted by Crippen LogP contribution is -2.25. The maximum Gasteiger partial charge on any atom is 0.136 e. The first-order valence-corrected chi connectivity index (χ1v) is 20.4. The lowest BCUT2D eigenvalue weighted by atomic mass is 9.70. The van der Waals surface area contributed by atoms with E-state index in [4.69, 9.17) is 9.15 Å². The summed E-state index contributed by atoms with van der Waals surface area (Å²) in [5.41, 5.74) is 18.9. The SMILES string of the molecule is c1ccc2c(c1)Oc1ccc(-c3ccc4c(c3)C3(c5ccccc5-c5ccccc53)c3cc5cccc(-c6ccc7c(c6)oc6ccccc67)c5cc3-4)c3cccc-2c13. The van der Waals surface area contributed by atoms with E-state index >= 15 is 0 Å². The molecule has 0 saturated carbocycles. The second-order valence-electron chi connectivity index (χ2n) is 16.3. The highest BCUT2D eigenvalue weighted by atomic mass is 16.5. The Morgan fingerprint density at radius 2 is 0.915 bits per heavy atom. The van der Waals surface area contributed by atoms with Gasteiger partial charge in [0.05, 0.1) is 5.41 Å². The molecule has 0 atom stereocenters. The van der Waals surface area contributed by atoms with Crippen LogP contribution in [0.3, 0.4) is 0 Å². The number of hydrogen-bond donors (Lipinski definition) is 0. The number of rotatable bonds is 2. The van der Waals surface area contributed by atoms with Crippen LogP contribution in [0.1, 0.15) is 22.3 Å². The average Bonchev–Trinajstić information content (AvgIpc) is 3.91. The summed E-state index contributed by atoms with van der Waals surface area (Å²) in [5.74, 6) is 1.81. The molecular formula is C57H32O2. The minimum absolute atomic E-state index is 0.486. The van der Waals surface area contributed by atoms with E-state index < -0.39 is 5.41 Å². The van der Waals surface area contributed by atoms with Crippen molar-refractivity contribution in [2.75, 3.05) is 0 Å². The molecule has 1 spiro atoms. The molecule has 0 radical (unpaired) electrons. The fourth-order valence-electron chi connectivity index (χ4n) is 11.1. The van der Waals surface area contributed by atoms with Crippen LogP contribution < -0.4 is 4.74 Å². The van der Waals surface area contributed by atoms with Crippen LogP contribution in [0, 0.1) is 0 Å². The predicted octanol–water partition coefficient (Wildman–Crippen LogP) is 15.3. The number of fused-ring (bicyclic) bond motifs is 16. The summed E-state index contributed by atoms with van der Waals surface area (Å²) < 4.78 is 12.9. The smallest absolute Gasteiger partial charge is 0.136 e. The minimum atomic E-state index is -0.486. The van der Waals surface area contributed by atoms with E-state index in [1.807, 2.05) is 18.2 Å². The molecule has 0 fully saturated rings. The fourth-order valence-corrected chi connectivity index (χ4v) is 11.1. The number of benzene rings is 10. The van der Waals surface area contributed by atoms with Gasteiger partial charge in [0.25, 0.3) is 0 Å². The zero-order valence-corrected chi connectivity index (χ0v) is 31.8. The molecule has 2 heterocycles. The van der Waals surface area contributed by atoms with Crippen molar-refractivity contribution in [3.63, 3.8) is 0 Å². The quantitative estimate of drug-likeness (QED) is 0.176. The van der Waals surface area contributed by atoms with Crippen LogP contribution in [-0.2, 0) is 5.41 Å². The molecule has 3 aliphatic rings. The van der Waals surface area contributed by atoms with Gasteiger partial charge in [-0.2, -0.15) is 0 Å². The normalized spacial score (nSPS) is 13.7. The Morgan fingerprint density at radius 3 is 1.80 bits per heavy atom. The third-order valence-electron chi connectivity index (χ3n) is 13.5. The molecule has 2 aliphatic carbocycles. The molecule has 10 aromatic carbocycles. The molecule has 0 amide bonds. The van der Waals surface area contributed by atoms with Gasteiger partial charge in [-0.1, -0.05) is 146 Å². The summed E-state index contributed by atoms with van der Waals surface area (Å²) in [6.07, 6.45) is 0. The summed E-state index contributed by atoms with van der Waals surface area (Å²) in [4.78, 5) is 0. The second-order valence-corrected chi connectivity index (χ2v) is 16.3. The minimum Gasteiger partial charge on any atom is -0.456 e. The van der Waals surface area contributed by atoms with Crippen molar-refractivity contribution in [1.82, 2.24) is 0 Å². The number of para-hydroxylation sites is 2. The van der Waals surface area contributed by atoms with Crippen molar-refractivity contribution in [3.8, 4) is 67.1 Å². The van der Waals surface area contributed by atoms with Crippen LogP contribution in [0.4, 0.5) is 0 Å². The Morgan fingerprint density at radius 1 is 0.305 bits per heavy atom. The highest BCUT2D eigenvalue weighted by Crippen LogP contribution is 2.64. The maximum atomic E-state index is 6.52. The van der Waals surface area contributed by atoms with Gasteiger partial charge in [-0.15, -0.1) is 0 Å². The molecule has 14 rings (SSSR count). The van der Waals surface area contributed by atoms with Gasteiger partial charge in [0, 0.05) is 21.7 Å². The van der Waals surface area contributed by atoms with Crippen LogP contribution in [-0.4, -0.2) is 0 Å². The summed E-state index contributed by atoms with van der Waals surface area (Å²) in [6, 6.07) is 71.5. The molecule has 2 heteroatoms. The van der Waals surface area contributed by atoms with Gasteiger partial charge in [0.15, 0.2) is 0 Å². The van der Waals surface area contributed by atoms with Crippen molar-refractivity contribution >= 4 is 43.5 Å². The average molecular weight is 749 g/mol. The van der Waals surface area contributed by atoms with E-state index in [0.717, 1.165) is 44.6 Å². The summed E-state index contributed by atoms with van der Waals surface area (Å²) in [5, 5.41) is 7.11. The highest BCUT2D eigenvalue weighted by Gasteiger charge is 2.52. The van der Waals surface area contributed by atoms with Crippen LogP contribution in [0.25, 0.3) is 99.1 Å². The third kappa shape index (κ3) is 4.00. The molecule has 2 nitrogen and oxygen atoms in total. The van der Waals surface area contributed by atoms with Gasteiger partial charge in [0.1, 0.15) is 22.7 Å². The van der Waals surface area contributed by atoms with E-state index in [1.54, 1.807) is 0 Å². The fraction of sp³-hybridized carbons (Fsp3) is 0.0175. The zero-order chi connectivity index (χ0) is 38.4. The summed E-state index contributed by atoms with van der Waals surface area (Å²) in [7, 11) is 0. The van der Waals surface area contributed by atoms with E-state index in [1.165, 1.54) is 88.3 Å².